The maximum atomic E-state index is 12.6. The second-order valence-electron chi connectivity index (χ2n) is 8.33. The molecular formula is C24H30N2O2. The van der Waals surface area contributed by atoms with Crippen molar-refractivity contribution in [1.29, 1.82) is 0 Å². The Morgan fingerprint density at radius 2 is 1.96 bits per heavy atom. The van der Waals surface area contributed by atoms with E-state index in [1.165, 1.54) is 31.4 Å². The molecule has 0 N–H and O–H groups in total. The first kappa shape index (κ1) is 19.0. The normalized spacial score (nSPS) is 23.1. The molecule has 1 atom stereocenters. The number of benzene rings is 1. The van der Waals surface area contributed by atoms with Crippen molar-refractivity contribution in [3.8, 4) is 0 Å². The summed E-state index contributed by atoms with van der Waals surface area (Å²) < 4.78 is 5.28. The van der Waals surface area contributed by atoms with E-state index in [9.17, 15) is 4.79 Å². The predicted molar refractivity (Wildman–Crippen MR) is 112 cm³/mol. The Bertz CT molecular complexity index is 784. The van der Waals surface area contributed by atoms with E-state index in [0.717, 1.165) is 44.8 Å². The molecule has 148 valence electrons. The highest BCUT2D eigenvalue weighted by Gasteiger charge is 2.42. The minimum absolute atomic E-state index is 0.106. The Hall–Kier alpha value is -2.33. The van der Waals surface area contributed by atoms with Crippen LogP contribution in [0.2, 0.25) is 0 Å². The zero-order chi connectivity index (χ0) is 19.2. The van der Waals surface area contributed by atoms with Gasteiger partial charge >= 0.3 is 0 Å². The second kappa shape index (κ2) is 8.78. The lowest BCUT2D eigenvalue weighted by Crippen LogP contribution is -2.45. The minimum atomic E-state index is 0.106. The van der Waals surface area contributed by atoms with Crippen LogP contribution < -0.4 is 0 Å². The molecule has 0 bridgehead atoms. The lowest BCUT2D eigenvalue weighted by atomic mass is 9.79. The van der Waals surface area contributed by atoms with Crippen LogP contribution in [0.3, 0.4) is 0 Å². The van der Waals surface area contributed by atoms with E-state index in [4.69, 9.17) is 4.42 Å². The average Bonchev–Trinajstić information content (AvgIpc) is 3.38. The molecule has 1 aromatic heterocycles. The van der Waals surface area contributed by atoms with Crippen molar-refractivity contribution in [2.24, 2.45) is 5.41 Å². The van der Waals surface area contributed by atoms with Crippen molar-refractivity contribution < 1.29 is 9.21 Å². The predicted octanol–water partition coefficient (Wildman–Crippen LogP) is 4.24. The SMILES string of the molecule is O=C(/C=C/c1ccco1)N1CC[C@]2(CCCN(CCCc3ccccc3)C2)C1. The Labute approximate surface area is 167 Å². The molecule has 0 radical (unpaired) electrons. The number of amides is 1. The van der Waals surface area contributed by atoms with Gasteiger partial charge in [0.05, 0.1) is 6.26 Å². The number of carbonyl (C=O) groups excluding carboxylic acids is 1. The fraction of sp³-hybridized carbons (Fsp3) is 0.458. The van der Waals surface area contributed by atoms with Gasteiger partial charge < -0.3 is 14.2 Å². The molecule has 0 aliphatic carbocycles. The van der Waals surface area contributed by atoms with E-state index >= 15 is 0 Å². The highest BCUT2D eigenvalue weighted by atomic mass is 16.3. The van der Waals surface area contributed by atoms with Crippen LogP contribution in [0.5, 0.6) is 0 Å². The fourth-order valence-electron chi connectivity index (χ4n) is 4.75. The van der Waals surface area contributed by atoms with E-state index in [-0.39, 0.29) is 5.91 Å². The Kier molecular flexibility index (Phi) is 5.96. The number of nitrogens with zero attached hydrogens (tertiary/aromatic N) is 2. The highest BCUT2D eigenvalue weighted by molar-refractivity contribution is 5.91. The van der Waals surface area contributed by atoms with Crippen LogP contribution in [-0.2, 0) is 11.2 Å². The van der Waals surface area contributed by atoms with Crippen LogP contribution in [0.4, 0.5) is 0 Å². The van der Waals surface area contributed by atoms with Gasteiger partial charge in [0.15, 0.2) is 0 Å². The summed E-state index contributed by atoms with van der Waals surface area (Å²) in [5.74, 6) is 0.832. The van der Waals surface area contributed by atoms with Crippen molar-refractivity contribution in [1.82, 2.24) is 9.80 Å². The molecule has 3 heterocycles. The summed E-state index contributed by atoms with van der Waals surface area (Å²) in [6.07, 6.45) is 11.0. The van der Waals surface area contributed by atoms with Crippen LogP contribution in [0.1, 0.15) is 37.0 Å². The molecule has 1 aromatic carbocycles. The number of hydrogen-bond acceptors (Lipinski definition) is 3. The van der Waals surface area contributed by atoms with Crippen LogP contribution >= 0.6 is 0 Å². The van der Waals surface area contributed by atoms with E-state index in [1.807, 2.05) is 17.0 Å². The number of rotatable bonds is 6. The van der Waals surface area contributed by atoms with Gasteiger partial charge in [0.2, 0.25) is 5.91 Å². The maximum Gasteiger partial charge on any atom is 0.246 e. The first-order valence-corrected chi connectivity index (χ1v) is 10.5. The maximum absolute atomic E-state index is 12.6. The smallest absolute Gasteiger partial charge is 0.246 e. The summed E-state index contributed by atoms with van der Waals surface area (Å²) in [6, 6.07) is 14.5. The number of furan rings is 1. The zero-order valence-corrected chi connectivity index (χ0v) is 16.6. The summed E-state index contributed by atoms with van der Waals surface area (Å²) >= 11 is 0. The fourth-order valence-corrected chi connectivity index (χ4v) is 4.75. The third kappa shape index (κ3) is 4.74. The van der Waals surface area contributed by atoms with Gasteiger partial charge in [-0.3, -0.25) is 4.79 Å². The third-order valence-electron chi connectivity index (χ3n) is 6.21. The van der Waals surface area contributed by atoms with E-state index in [2.05, 4.69) is 35.2 Å². The molecule has 28 heavy (non-hydrogen) atoms. The molecule has 2 saturated heterocycles. The largest absolute Gasteiger partial charge is 0.465 e. The van der Waals surface area contributed by atoms with Crippen LogP contribution in [0.25, 0.3) is 6.08 Å². The monoisotopic (exact) mass is 378 g/mol. The van der Waals surface area contributed by atoms with Gasteiger partial charge in [-0.05, 0) is 69.0 Å². The zero-order valence-electron chi connectivity index (χ0n) is 16.6. The van der Waals surface area contributed by atoms with Crippen LogP contribution in [0, 0.1) is 5.41 Å². The molecule has 2 aliphatic rings. The first-order chi connectivity index (χ1) is 13.7. The van der Waals surface area contributed by atoms with Gasteiger partial charge in [-0.15, -0.1) is 0 Å². The van der Waals surface area contributed by atoms with Crippen molar-refractivity contribution in [2.75, 3.05) is 32.7 Å². The summed E-state index contributed by atoms with van der Waals surface area (Å²) in [6.45, 7) is 5.25. The molecule has 1 spiro atoms. The van der Waals surface area contributed by atoms with E-state index in [0.29, 0.717) is 5.41 Å². The lowest BCUT2D eigenvalue weighted by Gasteiger charge is -2.40. The summed E-state index contributed by atoms with van der Waals surface area (Å²) in [5.41, 5.74) is 1.72. The molecular weight excluding hydrogens is 348 g/mol. The number of likely N-dealkylation sites (tertiary alicyclic amines) is 2. The molecule has 0 saturated carbocycles. The van der Waals surface area contributed by atoms with E-state index in [1.54, 1.807) is 18.4 Å². The van der Waals surface area contributed by atoms with Gasteiger partial charge in [0.1, 0.15) is 5.76 Å². The Morgan fingerprint density at radius 3 is 2.79 bits per heavy atom. The Morgan fingerprint density at radius 1 is 1.07 bits per heavy atom. The van der Waals surface area contributed by atoms with Crippen molar-refractivity contribution >= 4 is 12.0 Å². The number of aryl methyl sites for hydroxylation is 1. The average molecular weight is 379 g/mol. The van der Waals surface area contributed by atoms with Gasteiger partial charge in [-0.25, -0.2) is 0 Å². The van der Waals surface area contributed by atoms with Gasteiger partial charge in [-0.1, -0.05) is 30.3 Å². The molecule has 0 unspecified atom stereocenters. The van der Waals surface area contributed by atoms with Gasteiger partial charge in [0, 0.05) is 31.1 Å². The molecule has 1 amide bonds. The molecule has 4 rings (SSSR count). The van der Waals surface area contributed by atoms with E-state index < -0.39 is 0 Å². The summed E-state index contributed by atoms with van der Waals surface area (Å²) in [7, 11) is 0. The van der Waals surface area contributed by atoms with Crippen LogP contribution in [-0.4, -0.2) is 48.4 Å². The first-order valence-electron chi connectivity index (χ1n) is 10.5. The number of piperidine rings is 1. The molecule has 2 aromatic rings. The molecule has 2 fully saturated rings. The topological polar surface area (TPSA) is 36.7 Å². The standard InChI is InChI=1S/C24H30N2O2/c27-23(12-11-22-10-5-18-28-22)26-17-14-24(20-26)13-6-16-25(19-24)15-4-9-21-7-2-1-3-8-21/h1-3,5,7-8,10-12,18H,4,6,9,13-17,19-20H2/b12-11+/t24-/m0/s1. The number of carbonyl (C=O) groups is 1. The van der Waals surface area contributed by atoms with Crippen LogP contribution in [0.15, 0.2) is 59.2 Å². The van der Waals surface area contributed by atoms with Crippen molar-refractivity contribution in [2.45, 2.75) is 32.1 Å². The van der Waals surface area contributed by atoms with Gasteiger partial charge in [-0.2, -0.15) is 0 Å². The third-order valence-corrected chi connectivity index (χ3v) is 6.21. The second-order valence-corrected chi connectivity index (χ2v) is 8.33. The minimum Gasteiger partial charge on any atom is -0.465 e. The Balaban J connectivity index is 1.27. The van der Waals surface area contributed by atoms with Crippen molar-refractivity contribution in [3.63, 3.8) is 0 Å². The number of hydrogen-bond donors (Lipinski definition) is 0. The molecule has 2 aliphatic heterocycles. The molecule has 4 nitrogen and oxygen atoms in total. The summed E-state index contributed by atoms with van der Waals surface area (Å²) in [4.78, 5) is 17.2. The highest BCUT2D eigenvalue weighted by Crippen LogP contribution is 2.39. The quantitative estimate of drug-likeness (QED) is 0.706. The molecule has 4 heteroatoms. The summed E-state index contributed by atoms with van der Waals surface area (Å²) in [5, 5.41) is 0. The van der Waals surface area contributed by atoms with Crippen molar-refractivity contribution in [3.05, 3.63) is 66.1 Å². The van der Waals surface area contributed by atoms with Gasteiger partial charge in [0.25, 0.3) is 0 Å². The lowest BCUT2D eigenvalue weighted by molar-refractivity contribution is -0.125.